The molecule has 5 heteroatoms. The maximum atomic E-state index is 6.01. The molecule has 5 nitrogen and oxygen atoms in total. The van der Waals surface area contributed by atoms with Gasteiger partial charge in [-0.25, -0.2) is 0 Å². The van der Waals surface area contributed by atoms with E-state index in [1.54, 1.807) is 0 Å². The number of anilines is 1. The smallest absolute Gasteiger partial charge is 0.139 e. The summed E-state index contributed by atoms with van der Waals surface area (Å²) in [4.78, 5) is 6.92. The molecule has 2 fully saturated rings. The van der Waals surface area contributed by atoms with Crippen molar-refractivity contribution in [3.63, 3.8) is 0 Å². The molecule has 0 saturated carbocycles. The van der Waals surface area contributed by atoms with E-state index in [2.05, 4.69) is 45.5 Å². The van der Waals surface area contributed by atoms with Gasteiger partial charge in [0.15, 0.2) is 0 Å². The molecule has 30 heavy (non-hydrogen) atoms. The lowest BCUT2D eigenvalue weighted by Gasteiger charge is -2.34. The molecule has 1 N–H and O–H groups in total. The van der Waals surface area contributed by atoms with Crippen LogP contribution in [0.15, 0.2) is 48.8 Å². The number of benzene rings is 1. The van der Waals surface area contributed by atoms with Crippen LogP contribution in [0.5, 0.6) is 5.75 Å². The zero-order valence-electron chi connectivity index (χ0n) is 18.0. The molecule has 4 rings (SSSR count). The maximum absolute atomic E-state index is 6.01. The van der Waals surface area contributed by atoms with Crippen LogP contribution < -0.4 is 15.0 Å². The third-order valence-electron chi connectivity index (χ3n) is 6.21. The van der Waals surface area contributed by atoms with Gasteiger partial charge in [-0.15, -0.1) is 0 Å². The predicted octanol–water partition coefficient (Wildman–Crippen LogP) is 4.43. The fraction of sp³-hybridized carbons (Fsp3) is 0.560. The van der Waals surface area contributed by atoms with Crippen LogP contribution in [-0.4, -0.2) is 43.9 Å². The third kappa shape index (κ3) is 6.44. The Kier molecular flexibility index (Phi) is 7.98. The van der Waals surface area contributed by atoms with Crippen molar-refractivity contribution in [3.05, 3.63) is 54.4 Å². The molecule has 2 saturated heterocycles. The Balaban J connectivity index is 1.19. The van der Waals surface area contributed by atoms with Crippen LogP contribution in [-0.2, 0) is 11.3 Å². The van der Waals surface area contributed by atoms with Gasteiger partial charge in [-0.05, 0) is 56.6 Å². The molecule has 0 radical (unpaired) electrons. The predicted molar refractivity (Wildman–Crippen MR) is 121 cm³/mol. The summed E-state index contributed by atoms with van der Waals surface area (Å²) in [5.41, 5.74) is 2.44. The lowest BCUT2D eigenvalue weighted by Crippen LogP contribution is -2.35. The summed E-state index contributed by atoms with van der Waals surface area (Å²) in [6, 6.07) is 13.1. The number of rotatable bonds is 10. The van der Waals surface area contributed by atoms with Gasteiger partial charge in [0.25, 0.3) is 0 Å². The van der Waals surface area contributed by atoms with Gasteiger partial charge in [0, 0.05) is 31.8 Å². The Labute approximate surface area is 180 Å². The highest BCUT2D eigenvalue weighted by molar-refractivity contribution is 5.48. The van der Waals surface area contributed by atoms with E-state index in [9.17, 15) is 0 Å². The summed E-state index contributed by atoms with van der Waals surface area (Å²) in [7, 11) is 0. The highest BCUT2D eigenvalue weighted by Gasteiger charge is 2.21. The van der Waals surface area contributed by atoms with Gasteiger partial charge in [0.2, 0.25) is 0 Å². The van der Waals surface area contributed by atoms with Crippen molar-refractivity contribution in [2.75, 3.05) is 37.7 Å². The molecule has 162 valence electrons. The zero-order chi connectivity index (χ0) is 20.4. The Morgan fingerprint density at radius 2 is 2.03 bits per heavy atom. The monoisotopic (exact) mass is 409 g/mol. The summed E-state index contributed by atoms with van der Waals surface area (Å²) in [5.74, 6) is 1.61. The molecule has 2 aliphatic heterocycles. The molecular formula is C25H35N3O2. The van der Waals surface area contributed by atoms with Crippen molar-refractivity contribution in [1.29, 1.82) is 0 Å². The number of nitrogens with zero attached hydrogens (tertiary/aromatic N) is 2. The van der Waals surface area contributed by atoms with Crippen molar-refractivity contribution in [2.45, 2.75) is 51.2 Å². The van der Waals surface area contributed by atoms with E-state index in [1.165, 1.54) is 43.4 Å². The number of piperidine rings is 1. The maximum Gasteiger partial charge on any atom is 0.139 e. The molecule has 0 unspecified atom stereocenters. The second-order valence-electron chi connectivity index (χ2n) is 8.62. The summed E-state index contributed by atoms with van der Waals surface area (Å²) >= 11 is 0. The molecule has 1 aromatic carbocycles. The standard InChI is InChI=1S/C25H35N3O2/c1-2-7-22(8-3-1)19-29-14-6-10-21-9-5-13-28(18-21)24-15-25(17-26-16-24)30-20-23-11-4-12-27-23/h1-3,7-8,15-17,21,23,27H,4-6,9-14,18-20H2/t21-,23+/m1/s1. The SMILES string of the molecule is c1ccc(COCCC[C@H]2CCCN(c3cncc(OC[C@@H]4CCCN4)c3)C2)cc1. The normalized spacial score (nSPS) is 21.7. The fourth-order valence-corrected chi connectivity index (χ4v) is 4.53. The van der Waals surface area contributed by atoms with Crippen LogP contribution in [0.3, 0.4) is 0 Å². The molecule has 0 aliphatic carbocycles. The molecular weight excluding hydrogens is 374 g/mol. The first-order valence-corrected chi connectivity index (χ1v) is 11.5. The lowest BCUT2D eigenvalue weighted by molar-refractivity contribution is 0.113. The lowest BCUT2D eigenvalue weighted by atomic mass is 9.93. The molecule has 2 atom stereocenters. The highest BCUT2D eigenvalue weighted by atomic mass is 16.5. The Bertz CT molecular complexity index is 749. The number of hydrogen-bond donors (Lipinski definition) is 1. The first-order valence-electron chi connectivity index (χ1n) is 11.5. The van der Waals surface area contributed by atoms with E-state index in [1.807, 2.05) is 18.5 Å². The van der Waals surface area contributed by atoms with Gasteiger partial charge in [0.1, 0.15) is 12.4 Å². The molecule has 3 heterocycles. The largest absolute Gasteiger partial charge is 0.490 e. The van der Waals surface area contributed by atoms with Crippen molar-refractivity contribution >= 4 is 5.69 Å². The second kappa shape index (κ2) is 11.3. The Morgan fingerprint density at radius 3 is 2.90 bits per heavy atom. The van der Waals surface area contributed by atoms with E-state index in [0.717, 1.165) is 50.9 Å². The van der Waals surface area contributed by atoms with Gasteiger partial charge in [-0.3, -0.25) is 4.98 Å². The van der Waals surface area contributed by atoms with Gasteiger partial charge < -0.3 is 19.7 Å². The average molecular weight is 410 g/mol. The number of ether oxygens (including phenoxy) is 2. The quantitative estimate of drug-likeness (QED) is 0.589. The van der Waals surface area contributed by atoms with Gasteiger partial charge in [-0.1, -0.05) is 30.3 Å². The molecule has 2 aromatic rings. The van der Waals surface area contributed by atoms with E-state index < -0.39 is 0 Å². The molecule has 1 aromatic heterocycles. The third-order valence-corrected chi connectivity index (χ3v) is 6.21. The van der Waals surface area contributed by atoms with E-state index >= 15 is 0 Å². The Morgan fingerprint density at radius 1 is 1.10 bits per heavy atom. The van der Waals surface area contributed by atoms with Crippen LogP contribution in [0.25, 0.3) is 0 Å². The topological polar surface area (TPSA) is 46.6 Å². The van der Waals surface area contributed by atoms with Crippen molar-refractivity contribution in [1.82, 2.24) is 10.3 Å². The van der Waals surface area contributed by atoms with E-state index in [-0.39, 0.29) is 0 Å². The van der Waals surface area contributed by atoms with Crippen molar-refractivity contribution < 1.29 is 9.47 Å². The average Bonchev–Trinajstić information content (AvgIpc) is 3.32. The fourth-order valence-electron chi connectivity index (χ4n) is 4.53. The number of pyridine rings is 1. The second-order valence-corrected chi connectivity index (χ2v) is 8.62. The molecule has 2 aliphatic rings. The number of hydrogen-bond acceptors (Lipinski definition) is 5. The van der Waals surface area contributed by atoms with Gasteiger partial charge >= 0.3 is 0 Å². The summed E-state index contributed by atoms with van der Waals surface area (Å²) in [6.45, 7) is 5.61. The van der Waals surface area contributed by atoms with Crippen molar-refractivity contribution in [3.8, 4) is 5.75 Å². The van der Waals surface area contributed by atoms with Crippen LogP contribution in [0.4, 0.5) is 5.69 Å². The highest BCUT2D eigenvalue weighted by Crippen LogP contribution is 2.27. The molecule has 0 bridgehead atoms. The van der Waals surface area contributed by atoms with Crippen LogP contribution in [0.2, 0.25) is 0 Å². The van der Waals surface area contributed by atoms with Crippen molar-refractivity contribution in [2.24, 2.45) is 5.92 Å². The van der Waals surface area contributed by atoms with Crippen LogP contribution >= 0.6 is 0 Å². The first kappa shape index (κ1) is 21.1. The number of nitrogens with one attached hydrogen (secondary N) is 1. The van der Waals surface area contributed by atoms with E-state index in [4.69, 9.17) is 9.47 Å². The number of aromatic nitrogens is 1. The first-order chi connectivity index (χ1) is 14.9. The minimum Gasteiger partial charge on any atom is -0.490 e. The zero-order valence-corrected chi connectivity index (χ0v) is 18.0. The Hall–Kier alpha value is -2.11. The van der Waals surface area contributed by atoms with Crippen LogP contribution in [0.1, 0.15) is 44.1 Å². The minimum atomic E-state index is 0.483. The summed E-state index contributed by atoms with van der Waals surface area (Å²) < 4.78 is 11.9. The molecule has 0 amide bonds. The van der Waals surface area contributed by atoms with Crippen LogP contribution in [0, 0.1) is 5.92 Å². The minimum absolute atomic E-state index is 0.483. The summed E-state index contributed by atoms with van der Waals surface area (Å²) in [6.07, 6.45) is 11.2. The van der Waals surface area contributed by atoms with Gasteiger partial charge in [-0.2, -0.15) is 0 Å². The van der Waals surface area contributed by atoms with Gasteiger partial charge in [0.05, 0.1) is 24.7 Å². The molecule has 0 spiro atoms. The summed E-state index contributed by atoms with van der Waals surface area (Å²) in [5, 5.41) is 3.48. The van der Waals surface area contributed by atoms with E-state index in [0.29, 0.717) is 12.6 Å².